The molecule has 4 aliphatic carbocycles. The van der Waals surface area contributed by atoms with Gasteiger partial charge in [0.25, 0.3) is 0 Å². The molecule has 0 heterocycles. The van der Waals surface area contributed by atoms with Crippen LogP contribution in [0.2, 0.25) is 0 Å². The van der Waals surface area contributed by atoms with Gasteiger partial charge in [-0.15, -0.1) is 0 Å². The van der Waals surface area contributed by atoms with Gasteiger partial charge in [-0.25, -0.2) is 0 Å². The Bertz CT molecular complexity index is 212. The normalized spacial score (nSPS) is 58.4. The van der Waals surface area contributed by atoms with Crippen molar-refractivity contribution in [2.45, 2.75) is 6.42 Å². The number of hydrogen-bond acceptors (Lipinski definition) is 0. The second-order valence-corrected chi connectivity index (χ2v) is 3.57. The molecule has 9 heavy (non-hydrogen) atoms. The highest BCUT2D eigenvalue weighted by atomic mass is 14.6. The third-order valence-electron chi connectivity index (χ3n) is 3.23. The molecule has 4 unspecified atom stereocenters. The predicted octanol–water partition coefficient (Wildman–Crippen LogP) is 1.99. The lowest BCUT2D eigenvalue weighted by Gasteiger charge is -2.15. The van der Waals surface area contributed by atoms with Gasteiger partial charge in [0.15, 0.2) is 0 Å². The van der Waals surface area contributed by atoms with E-state index in [2.05, 4.69) is 18.7 Å². The van der Waals surface area contributed by atoms with Crippen molar-refractivity contribution in [3.63, 3.8) is 0 Å². The van der Waals surface area contributed by atoms with Crippen LogP contribution in [0.15, 0.2) is 24.3 Å². The van der Waals surface area contributed by atoms with Gasteiger partial charge in [-0.3, -0.25) is 0 Å². The van der Waals surface area contributed by atoms with Gasteiger partial charge >= 0.3 is 0 Å². The number of hydrogen-bond donors (Lipinski definition) is 0. The van der Waals surface area contributed by atoms with Gasteiger partial charge in [-0.2, -0.15) is 0 Å². The van der Waals surface area contributed by atoms with Crippen LogP contribution in [0.3, 0.4) is 0 Å². The van der Waals surface area contributed by atoms with Crippen molar-refractivity contribution in [1.29, 1.82) is 0 Å². The minimum Gasteiger partial charge on any atom is -0.0990 e. The molecule has 4 rings (SSSR count). The van der Waals surface area contributed by atoms with Gasteiger partial charge in [0, 0.05) is 0 Å². The number of allylic oxidation sites excluding steroid dienone is 3. The third kappa shape index (κ3) is 0.320. The lowest BCUT2D eigenvalue weighted by Crippen LogP contribution is -2.04. The molecule has 2 saturated carbocycles. The fourth-order valence-electron chi connectivity index (χ4n) is 2.65. The first-order chi connectivity index (χ1) is 4.38. The van der Waals surface area contributed by atoms with E-state index in [1.165, 1.54) is 12.0 Å². The second kappa shape index (κ2) is 1.03. The molecule has 0 aliphatic heterocycles. The summed E-state index contributed by atoms with van der Waals surface area (Å²) in [7, 11) is 0. The van der Waals surface area contributed by atoms with Crippen LogP contribution in [0.4, 0.5) is 0 Å². The Kier molecular flexibility index (Phi) is 0.493. The van der Waals surface area contributed by atoms with Crippen LogP contribution >= 0.6 is 0 Å². The Morgan fingerprint density at radius 2 is 2.33 bits per heavy atom. The Morgan fingerprint density at radius 3 is 2.67 bits per heavy atom. The van der Waals surface area contributed by atoms with Crippen molar-refractivity contribution >= 4 is 0 Å². The molecule has 0 aromatic carbocycles. The highest BCUT2D eigenvalue weighted by Gasteiger charge is 2.58. The molecule has 0 aromatic heterocycles. The molecule has 4 bridgehead atoms. The molecule has 46 valence electrons. The van der Waals surface area contributed by atoms with Crippen LogP contribution in [-0.2, 0) is 0 Å². The van der Waals surface area contributed by atoms with E-state index in [0.717, 1.165) is 23.7 Å². The zero-order valence-corrected chi connectivity index (χ0v) is 5.38. The molecule has 4 atom stereocenters. The van der Waals surface area contributed by atoms with Crippen molar-refractivity contribution in [2.75, 3.05) is 0 Å². The summed E-state index contributed by atoms with van der Waals surface area (Å²) in [5, 5.41) is 0. The lowest BCUT2D eigenvalue weighted by molar-refractivity contribution is 0.601. The fraction of sp³-hybridized carbons (Fsp3) is 0.556. The van der Waals surface area contributed by atoms with E-state index in [0.29, 0.717) is 0 Å². The Balaban J connectivity index is 2.20. The van der Waals surface area contributed by atoms with Gasteiger partial charge in [-0.05, 0) is 30.1 Å². The minimum atomic E-state index is 0.782. The Hall–Kier alpha value is -0.520. The van der Waals surface area contributed by atoms with Crippen LogP contribution in [0.1, 0.15) is 6.42 Å². The summed E-state index contributed by atoms with van der Waals surface area (Å²) in [5.74, 6) is 3.68. The average Bonchev–Trinajstić information content (AvgIpc) is 2.52. The van der Waals surface area contributed by atoms with Crippen molar-refractivity contribution < 1.29 is 0 Å². The van der Waals surface area contributed by atoms with Gasteiger partial charge in [0.1, 0.15) is 0 Å². The second-order valence-electron chi connectivity index (χ2n) is 3.57. The largest absolute Gasteiger partial charge is 0.0990 e. The van der Waals surface area contributed by atoms with Gasteiger partial charge in [-0.1, -0.05) is 24.3 Å². The van der Waals surface area contributed by atoms with Crippen molar-refractivity contribution in [3.8, 4) is 0 Å². The first kappa shape index (κ1) is 4.32. The van der Waals surface area contributed by atoms with Gasteiger partial charge in [0.2, 0.25) is 0 Å². The highest BCUT2D eigenvalue weighted by molar-refractivity contribution is 5.37. The molecule has 0 nitrogen and oxygen atoms in total. The first-order valence-corrected chi connectivity index (χ1v) is 3.75. The SMILES string of the molecule is C=C1C2C=CC3C(C2)C13. The smallest absolute Gasteiger partial charge is 0.00197 e. The van der Waals surface area contributed by atoms with E-state index in [9.17, 15) is 0 Å². The molecule has 0 saturated heterocycles. The first-order valence-electron chi connectivity index (χ1n) is 3.75. The maximum atomic E-state index is 4.11. The summed E-state index contributed by atoms with van der Waals surface area (Å²) >= 11 is 0. The van der Waals surface area contributed by atoms with Crippen LogP contribution in [0.5, 0.6) is 0 Å². The molecule has 0 radical (unpaired) electrons. The number of rotatable bonds is 0. The highest BCUT2D eigenvalue weighted by Crippen LogP contribution is 2.65. The van der Waals surface area contributed by atoms with Crippen LogP contribution in [0, 0.1) is 23.7 Å². The third-order valence-corrected chi connectivity index (χ3v) is 3.23. The van der Waals surface area contributed by atoms with E-state index in [1.807, 2.05) is 0 Å². The van der Waals surface area contributed by atoms with Crippen molar-refractivity contribution in [1.82, 2.24) is 0 Å². The van der Waals surface area contributed by atoms with Crippen molar-refractivity contribution in [3.05, 3.63) is 24.3 Å². The maximum absolute atomic E-state index is 4.11. The molecule has 0 heteroatoms. The monoisotopic (exact) mass is 118 g/mol. The summed E-state index contributed by atoms with van der Waals surface area (Å²) in [6.45, 7) is 4.11. The summed E-state index contributed by atoms with van der Waals surface area (Å²) in [6.07, 6.45) is 6.18. The quantitative estimate of drug-likeness (QED) is 0.427. The van der Waals surface area contributed by atoms with E-state index >= 15 is 0 Å². The van der Waals surface area contributed by atoms with E-state index in [4.69, 9.17) is 0 Å². The lowest BCUT2D eigenvalue weighted by atomic mass is 9.89. The molecule has 2 fully saturated rings. The Morgan fingerprint density at radius 1 is 1.44 bits per heavy atom. The van der Waals surface area contributed by atoms with Gasteiger partial charge in [0.05, 0.1) is 0 Å². The van der Waals surface area contributed by atoms with Crippen LogP contribution in [-0.4, -0.2) is 0 Å². The Labute approximate surface area is 55.3 Å². The average molecular weight is 118 g/mol. The molecule has 0 spiro atoms. The molecule has 4 aliphatic rings. The summed E-state index contributed by atoms with van der Waals surface area (Å²) < 4.78 is 0. The standard InChI is InChI=1S/C9H10/c1-5-6-2-3-7-8(4-6)9(5)7/h2-3,6-9H,1,4H2. The molecular formula is C9H10. The summed E-state index contributed by atoms with van der Waals surface area (Å²) in [6, 6.07) is 0. The summed E-state index contributed by atoms with van der Waals surface area (Å²) in [4.78, 5) is 0. The molecular weight excluding hydrogens is 108 g/mol. The van der Waals surface area contributed by atoms with Crippen molar-refractivity contribution in [2.24, 2.45) is 23.7 Å². The zero-order chi connectivity index (χ0) is 6.01. The minimum absolute atomic E-state index is 0.782. The fourth-order valence-corrected chi connectivity index (χ4v) is 2.65. The summed E-state index contributed by atoms with van der Waals surface area (Å²) in [5.41, 5.74) is 1.53. The molecule has 0 amide bonds. The topological polar surface area (TPSA) is 0 Å². The molecule has 0 N–H and O–H groups in total. The van der Waals surface area contributed by atoms with Gasteiger partial charge < -0.3 is 0 Å². The predicted molar refractivity (Wildman–Crippen MR) is 36.9 cm³/mol. The van der Waals surface area contributed by atoms with Crippen LogP contribution < -0.4 is 0 Å². The van der Waals surface area contributed by atoms with Crippen LogP contribution in [0.25, 0.3) is 0 Å². The van der Waals surface area contributed by atoms with E-state index in [1.54, 1.807) is 0 Å². The molecule has 0 aromatic rings. The maximum Gasteiger partial charge on any atom is -0.00197 e. The zero-order valence-electron chi connectivity index (χ0n) is 5.38. The van der Waals surface area contributed by atoms with E-state index < -0.39 is 0 Å². The van der Waals surface area contributed by atoms with E-state index in [-0.39, 0.29) is 0 Å².